The van der Waals surface area contributed by atoms with E-state index in [0.29, 0.717) is 24.2 Å². The lowest BCUT2D eigenvalue weighted by atomic mass is 9.84. The summed E-state index contributed by atoms with van der Waals surface area (Å²) in [6.07, 6.45) is 10.5. The molecule has 0 saturated carbocycles. The molecule has 5 heteroatoms. The fourth-order valence-electron chi connectivity index (χ4n) is 5.12. The molecule has 0 N–H and O–H groups in total. The monoisotopic (exact) mass is 440 g/mol. The summed E-state index contributed by atoms with van der Waals surface area (Å²) < 4.78 is 5.41. The van der Waals surface area contributed by atoms with Crippen LogP contribution in [0.5, 0.6) is 5.75 Å². The standard InChI is InChI=1S/C27H40N2O3/c1-20(2)17-26(30)28(3)25(19-21-9-8-12-24(18-21)32-4)22-13-15-29(16-14-22)27(31)23-10-6-5-7-11-23/h5-6,8-9,12,18,20,22-23,25H,7,10-11,13-17,19H2,1-4H3/t23-,25-/m1/s1. The topological polar surface area (TPSA) is 49.9 Å². The van der Waals surface area contributed by atoms with E-state index < -0.39 is 0 Å². The second kappa shape index (κ2) is 11.5. The Morgan fingerprint density at radius 1 is 1.16 bits per heavy atom. The third-order valence-corrected chi connectivity index (χ3v) is 7.07. The molecule has 2 atom stereocenters. The Balaban J connectivity index is 1.69. The largest absolute Gasteiger partial charge is 0.497 e. The lowest BCUT2D eigenvalue weighted by Crippen LogP contribution is -2.49. The van der Waals surface area contributed by atoms with Gasteiger partial charge in [-0.1, -0.05) is 38.1 Å². The van der Waals surface area contributed by atoms with Gasteiger partial charge in [0.1, 0.15) is 5.75 Å². The number of rotatable bonds is 8. The summed E-state index contributed by atoms with van der Waals surface area (Å²) in [6.45, 7) is 5.77. The van der Waals surface area contributed by atoms with Crippen molar-refractivity contribution in [2.75, 3.05) is 27.2 Å². The minimum absolute atomic E-state index is 0.128. The van der Waals surface area contributed by atoms with Gasteiger partial charge in [0.25, 0.3) is 0 Å². The Hall–Kier alpha value is -2.30. The first-order valence-electron chi connectivity index (χ1n) is 12.2. The fourth-order valence-corrected chi connectivity index (χ4v) is 5.12. The number of methoxy groups -OCH3 is 1. The van der Waals surface area contributed by atoms with Crippen molar-refractivity contribution < 1.29 is 14.3 Å². The van der Waals surface area contributed by atoms with E-state index in [2.05, 4.69) is 43.0 Å². The molecule has 1 aliphatic carbocycles. The molecule has 0 radical (unpaired) electrons. The molecule has 5 nitrogen and oxygen atoms in total. The average molecular weight is 441 g/mol. The summed E-state index contributed by atoms with van der Waals surface area (Å²) in [5.74, 6) is 2.25. The minimum Gasteiger partial charge on any atom is -0.497 e. The molecule has 2 amide bonds. The third kappa shape index (κ3) is 6.36. The van der Waals surface area contributed by atoms with E-state index in [1.807, 2.05) is 24.1 Å². The van der Waals surface area contributed by atoms with Gasteiger partial charge >= 0.3 is 0 Å². The predicted molar refractivity (Wildman–Crippen MR) is 128 cm³/mol. The maximum absolute atomic E-state index is 13.0. The molecule has 2 aliphatic rings. The number of hydrogen-bond donors (Lipinski definition) is 0. The summed E-state index contributed by atoms with van der Waals surface area (Å²) in [5.41, 5.74) is 1.19. The molecule has 0 unspecified atom stereocenters. The first-order valence-corrected chi connectivity index (χ1v) is 12.2. The summed E-state index contributed by atoms with van der Waals surface area (Å²) in [4.78, 5) is 30.0. The van der Waals surface area contributed by atoms with Gasteiger partial charge in [0.2, 0.25) is 11.8 Å². The Morgan fingerprint density at radius 2 is 1.91 bits per heavy atom. The van der Waals surface area contributed by atoms with E-state index in [0.717, 1.165) is 57.4 Å². The van der Waals surface area contributed by atoms with E-state index >= 15 is 0 Å². The Bertz CT molecular complexity index is 796. The predicted octanol–water partition coefficient (Wildman–Crippen LogP) is 4.71. The normalized spacial score (nSPS) is 20.3. The quantitative estimate of drug-likeness (QED) is 0.550. The van der Waals surface area contributed by atoms with Crippen molar-refractivity contribution in [3.8, 4) is 5.75 Å². The van der Waals surface area contributed by atoms with E-state index in [1.165, 1.54) is 5.56 Å². The first-order chi connectivity index (χ1) is 15.4. The molecule has 176 valence electrons. The van der Waals surface area contributed by atoms with Crippen molar-refractivity contribution in [3.63, 3.8) is 0 Å². The number of carbonyl (C=O) groups is 2. The maximum atomic E-state index is 13.0. The molecule has 1 fully saturated rings. The summed E-state index contributed by atoms with van der Waals surface area (Å²) in [5, 5.41) is 0. The number of amides is 2. The van der Waals surface area contributed by atoms with Crippen LogP contribution in [-0.2, 0) is 16.0 Å². The van der Waals surface area contributed by atoms with Gasteiger partial charge in [-0.3, -0.25) is 9.59 Å². The first kappa shape index (κ1) is 24.3. The minimum atomic E-state index is 0.128. The number of piperidine rings is 1. The molecule has 1 aliphatic heterocycles. The molecule has 1 heterocycles. The van der Waals surface area contributed by atoms with Crippen LogP contribution in [0.3, 0.4) is 0 Å². The molecular formula is C27H40N2O3. The van der Waals surface area contributed by atoms with Crippen LogP contribution in [0.15, 0.2) is 36.4 Å². The van der Waals surface area contributed by atoms with Gasteiger partial charge in [0.05, 0.1) is 7.11 Å². The van der Waals surface area contributed by atoms with Gasteiger partial charge in [0, 0.05) is 38.5 Å². The number of carbonyl (C=O) groups excluding carboxylic acids is 2. The zero-order valence-electron chi connectivity index (χ0n) is 20.3. The summed E-state index contributed by atoms with van der Waals surface area (Å²) in [7, 11) is 3.64. The maximum Gasteiger partial charge on any atom is 0.226 e. The van der Waals surface area contributed by atoms with Gasteiger partial charge < -0.3 is 14.5 Å². The van der Waals surface area contributed by atoms with E-state index in [-0.39, 0.29) is 17.9 Å². The number of benzene rings is 1. The van der Waals surface area contributed by atoms with Crippen LogP contribution >= 0.6 is 0 Å². The van der Waals surface area contributed by atoms with Crippen molar-refractivity contribution in [1.29, 1.82) is 0 Å². The molecule has 1 aromatic carbocycles. The van der Waals surface area contributed by atoms with Crippen LogP contribution in [0.2, 0.25) is 0 Å². The number of likely N-dealkylation sites (N-methyl/N-ethyl adjacent to an activating group) is 1. The number of nitrogens with zero attached hydrogens (tertiary/aromatic N) is 2. The van der Waals surface area contributed by atoms with E-state index in [9.17, 15) is 9.59 Å². The second-order valence-electron chi connectivity index (χ2n) is 9.87. The summed E-state index contributed by atoms with van der Waals surface area (Å²) >= 11 is 0. The average Bonchev–Trinajstić information content (AvgIpc) is 2.82. The molecule has 3 rings (SSSR count). The highest BCUT2D eigenvalue weighted by molar-refractivity contribution is 5.79. The van der Waals surface area contributed by atoms with Crippen LogP contribution in [0.1, 0.15) is 57.9 Å². The van der Waals surface area contributed by atoms with Crippen LogP contribution in [0, 0.1) is 17.8 Å². The lowest BCUT2D eigenvalue weighted by molar-refractivity contribution is -0.139. The van der Waals surface area contributed by atoms with Crippen molar-refractivity contribution in [3.05, 3.63) is 42.0 Å². The van der Waals surface area contributed by atoms with Gasteiger partial charge in [-0.05, 0) is 68.1 Å². The fraction of sp³-hybridized carbons (Fsp3) is 0.630. The number of hydrogen-bond acceptors (Lipinski definition) is 3. The highest BCUT2D eigenvalue weighted by Crippen LogP contribution is 2.30. The van der Waals surface area contributed by atoms with E-state index in [1.54, 1.807) is 7.11 Å². The van der Waals surface area contributed by atoms with Crippen molar-refractivity contribution in [1.82, 2.24) is 9.80 Å². The van der Waals surface area contributed by atoms with Gasteiger partial charge in [0.15, 0.2) is 0 Å². The third-order valence-electron chi connectivity index (χ3n) is 7.07. The van der Waals surface area contributed by atoms with Crippen molar-refractivity contribution >= 4 is 11.8 Å². The van der Waals surface area contributed by atoms with Crippen LogP contribution in [-0.4, -0.2) is 54.9 Å². The number of allylic oxidation sites excluding steroid dienone is 2. The second-order valence-corrected chi connectivity index (χ2v) is 9.87. The highest BCUT2D eigenvalue weighted by Gasteiger charge is 2.34. The summed E-state index contributed by atoms with van der Waals surface area (Å²) in [6, 6.07) is 8.29. The van der Waals surface area contributed by atoms with Gasteiger partial charge in [-0.25, -0.2) is 0 Å². The Morgan fingerprint density at radius 3 is 2.53 bits per heavy atom. The van der Waals surface area contributed by atoms with Crippen LogP contribution in [0.25, 0.3) is 0 Å². The molecule has 32 heavy (non-hydrogen) atoms. The zero-order valence-corrected chi connectivity index (χ0v) is 20.3. The van der Waals surface area contributed by atoms with Crippen LogP contribution in [0.4, 0.5) is 0 Å². The molecular weight excluding hydrogens is 400 g/mol. The van der Waals surface area contributed by atoms with Crippen LogP contribution < -0.4 is 4.74 Å². The Labute approximate surface area is 193 Å². The number of ether oxygens (including phenoxy) is 1. The van der Waals surface area contributed by atoms with Crippen molar-refractivity contribution in [2.45, 2.75) is 64.8 Å². The lowest BCUT2D eigenvalue weighted by Gasteiger charge is -2.41. The highest BCUT2D eigenvalue weighted by atomic mass is 16.5. The SMILES string of the molecule is COc1cccc(C[C@H](C2CCN(C(=O)[C@@H]3CC=CCC3)CC2)N(C)C(=O)CC(C)C)c1. The van der Waals surface area contributed by atoms with Gasteiger partial charge in [-0.15, -0.1) is 0 Å². The molecule has 0 bridgehead atoms. The molecule has 0 spiro atoms. The number of likely N-dealkylation sites (tertiary alicyclic amines) is 1. The Kier molecular flexibility index (Phi) is 8.77. The molecule has 1 aromatic rings. The van der Waals surface area contributed by atoms with E-state index in [4.69, 9.17) is 4.74 Å². The smallest absolute Gasteiger partial charge is 0.226 e. The van der Waals surface area contributed by atoms with Gasteiger partial charge in [-0.2, -0.15) is 0 Å². The molecule has 1 saturated heterocycles. The zero-order chi connectivity index (χ0) is 23.1. The molecule has 0 aromatic heterocycles. The van der Waals surface area contributed by atoms with Crippen molar-refractivity contribution in [2.24, 2.45) is 17.8 Å².